The Bertz CT molecular complexity index is 714. The minimum absolute atomic E-state index is 0.0114. The molecule has 0 saturated carbocycles. The van der Waals surface area contributed by atoms with Crippen LogP contribution in [0.2, 0.25) is 0 Å². The predicted octanol–water partition coefficient (Wildman–Crippen LogP) is 2.51. The molecule has 8 heteroatoms. The number of anilines is 1. The molecule has 146 valence electrons. The number of nitrogens with one attached hydrogen (secondary N) is 3. The first-order valence-corrected chi connectivity index (χ1v) is 10.6. The van der Waals surface area contributed by atoms with Crippen LogP contribution in [0.15, 0.2) is 18.2 Å². The van der Waals surface area contributed by atoms with Crippen LogP contribution in [0.1, 0.15) is 32.1 Å². The van der Waals surface area contributed by atoms with Gasteiger partial charge in [0.25, 0.3) is 0 Å². The number of hydrogen-bond acceptors (Lipinski definition) is 5. The molecule has 0 radical (unpaired) electrons. The SMILES string of the molecule is O=C(CCCCC1SCC2NC(=O)NC21)Nc1ccc2c(c1)OCCCO2. The molecule has 0 aliphatic carbocycles. The molecule has 1 aromatic rings. The van der Waals surface area contributed by atoms with E-state index in [1.54, 1.807) is 0 Å². The van der Waals surface area contributed by atoms with Gasteiger partial charge in [0.05, 0.1) is 25.3 Å². The van der Waals surface area contributed by atoms with Crippen molar-refractivity contribution in [1.29, 1.82) is 0 Å². The normalized spacial score (nSPS) is 25.9. The van der Waals surface area contributed by atoms with Crippen LogP contribution in [0, 0.1) is 0 Å². The third-order valence-electron chi connectivity index (χ3n) is 5.11. The molecule has 3 unspecified atom stereocenters. The highest BCUT2D eigenvalue weighted by molar-refractivity contribution is 8.00. The number of ether oxygens (including phenoxy) is 2. The van der Waals surface area contributed by atoms with Gasteiger partial charge in [0, 0.05) is 35.6 Å². The first-order chi connectivity index (χ1) is 13.2. The van der Waals surface area contributed by atoms with Gasteiger partial charge >= 0.3 is 6.03 Å². The zero-order chi connectivity index (χ0) is 18.6. The molecular weight excluding hydrogens is 366 g/mol. The number of carbonyl (C=O) groups excluding carboxylic acids is 2. The Morgan fingerprint density at radius 3 is 2.93 bits per heavy atom. The van der Waals surface area contributed by atoms with E-state index in [0.717, 1.165) is 42.9 Å². The largest absolute Gasteiger partial charge is 0.490 e. The number of amides is 3. The van der Waals surface area contributed by atoms with E-state index in [2.05, 4.69) is 16.0 Å². The average Bonchev–Trinajstić information content (AvgIpc) is 3.09. The molecule has 3 amide bonds. The van der Waals surface area contributed by atoms with Gasteiger partial charge in [-0.1, -0.05) is 6.42 Å². The third kappa shape index (κ3) is 4.43. The Hall–Kier alpha value is -2.09. The van der Waals surface area contributed by atoms with Crippen LogP contribution in [0.25, 0.3) is 0 Å². The van der Waals surface area contributed by atoms with E-state index in [1.165, 1.54) is 0 Å². The first kappa shape index (κ1) is 18.3. The fourth-order valence-corrected chi connectivity index (χ4v) is 5.28. The standard InChI is InChI=1S/C19H25N3O4S/c23-17(20-12-6-7-14-15(10-12)26-9-3-8-25-14)5-2-1-4-16-18-13(11-27-16)21-19(24)22-18/h6-7,10,13,16,18H,1-5,8-9,11H2,(H,20,23)(H2,21,22,24). The predicted molar refractivity (Wildman–Crippen MR) is 105 cm³/mol. The van der Waals surface area contributed by atoms with Gasteiger partial charge in [0.15, 0.2) is 11.5 Å². The molecule has 3 aliphatic heterocycles. The van der Waals surface area contributed by atoms with Crippen molar-refractivity contribution in [2.75, 3.05) is 24.3 Å². The molecule has 3 N–H and O–H groups in total. The van der Waals surface area contributed by atoms with E-state index in [9.17, 15) is 9.59 Å². The number of thioether (sulfide) groups is 1. The number of unbranched alkanes of at least 4 members (excludes halogenated alkanes) is 1. The van der Waals surface area contributed by atoms with Gasteiger partial charge in [0.2, 0.25) is 5.91 Å². The summed E-state index contributed by atoms with van der Waals surface area (Å²) in [7, 11) is 0. The number of benzene rings is 1. The fraction of sp³-hybridized carbons (Fsp3) is 0.579. The lowest BCUT2D eigenvalue weighted by atomic mass is 10.0. The zero-order valence-corrected chi connectivity index (χ0v) is 16.0. The van der Waals surface area contributed by atoms with E-state index in [4.69, 9.17) is 9.47 Å². The Morgan fingerprint density at radius 1 is 1.19 bits per heavy atom. The zero-order valence-electron chi connectivity index (χ0n) is 15.2. The smallest absolute Gasteiger partial charge is 0.315 e. The Balaban J connectivity index is 1.19. The van der Waals surface area contributed by atoms with Crippen LogP contribution < -0.4 is 25.4 Å². The molecular formula is C19H25N3O4S. The second kappa shape index (κ2) is 8.29. The summed E-state index contributed by atoms with van der Waals surface area (Å²) in [4.78, 5) is 23.6. The lowest BCUT2D eigenvalue weighted by Gasteiger charge is -2.16. The second-order valence-corrected chi connectivity index (χ2v) is 8.40. The number of hydrogen-bond donors (Lipinski definition) is 3. The maximum absolute atomic E-state index is 12.2. The van der Waals surface area contributed by atoms with Crippen molar-refractivity contribution in [3.63, 3.8) is 0 Å². The summed E-state index contributed by atoms with van der Waals surface area (Å²) < 4.78 is 11.3. The quantitative estimate of drug-likeness (QED) is 0.512. The summed E-state index contributed by atoms with van der Waals surface area (Å²) in [6, 6.07) is 5.95. The van der Waals surface area contributed by atoms with Crippen molar-refractivity contribution in [3.8, 4) is 11.5 Å². The van der Waals surface area contributed by atoms with E-state index < -0.39 is 0 Å². The van der Waals surface area contributed by atoms with Gasteiger partial charge in [-0.2, -0.15) is 11.8 Å². The molecule has 0 bridgehead atoms. The van der Waals surface area contributed by atoms with Gasteiger partial charge < -0.3 is 25.4 Å². The van der Waals surface area contributed by atoms with Gasteiger partial charge in [0.1, 0.15) is 0 Å². The number of urea groups is 1. The summed E-state index contributed by atoms with van der Waals surface area (Å²) in [6.45, 7) is 1.28. The van der Waals surface area contributed by atoms with Crippen LogP contribution in [-0.4, -0.2) is 48.2 Å². The van der Waals surface area contributed by atoms with Crippen molar-refractivity contribution in [2.45, 2.75) is 49.4 Å². The molecule has 0 spiro atoms. The van der Waals surface area contributed by atoms with Crippen LogP contribution in [0.3, 0.4) is 0 Å². The third-order valence-corrected chi connectivity index (χ3v) is 6.62. The Kier molecular flexibility index (Phi) is 5.61. The monoisotopic (exact) mass is 391 g/mol. The molecule has 27 heavy (non-hydrogen) atoms. The summed E-state index contributed by atoms with van der Waals surface area (Å²) in [5.41, 5.74) is 0.734. The molecule has 4 rings (SSSR count). The van der Waals surface area contributed by atoms with Crippen LogP contribution >= 0.6 is 11.8 Å². The highest BCUT2D eigenvalue weighted by atomic mass is 32.2. The van der Waals surface area contributed by atoms with E-state index in [0.29, 0.717) is 30.6 Å². The number of rotatable bonds is 6. The highest BCUT2D eigenvalue weighted by Crippen LogP contribution is 2.34. The lowest BCUT2D eigenvalue weighted by Crippen LogP contribution is -2.36. The second-order valence-electron chi connectivity index (χ2n) is 7.13. The molecule has 7 nitrogen and oxygen atoms in total. The maximum atomic E-state index is 12.2. The van der Waals surface area contributed by atoms with Gasteiger partial charge in [-0.25, -0.2) is 4.79 Å². The van der Waals surface area contributed by atoms with Gasteiger partial charge in [-0.3, -0.25) is 4.79 Å². The van der Waals surface area contributed by atoms with Crippen molar-refractivity contribution in [2.24, 2.45) is 0 Å². The van der Waals surface area contributed by atoms with E-state index in [1.807, 2.05) is 30.0 Å². The minimum Gasteiger partial charge on any atom is -0.490 e. The van der Waals surface area contributed by atoms with Crippen LogP contribution in [0.4, 0.5) is 10.5 Å². The lowest BCUT2D eigenvalue weighted by molar-refractivity contribution is -0.116. The summed E-state index contributed by atoms with van der Waals surface area (Å²) >= 11 is 1.91. The summed E-state index contributed by atoms with van der Waals surface area (Å²) in [5, 5.41) is 9.34. The average molecular weight is 391 g/mol. The molecule has 3 aliphatic rings. The topological polar surface area (TPSA) is 88.7 Å². The minimum atomic E-state index is -0.0511. The Morgan fingerprint density at radius 2 is 2.04 bits per heavy atom. The van der Waals surface area contributed by atoms with E-state index >= 15 is 0 Å². The van der Waals surface area contributed by atoms with Gasteiger partial charge in [-0.15, -0.1) is 0 Å². The van der Waals surface area contributed by atoms with Crippen LogP contribution in [0.5, 0.6) is 11.5 Å². The van der Waals surface area contributed by atoms with Gasteiger partial charge in [-0.05, 0) is 25.0 Å². The maximum Gasteiger partial charge on any atom is 0.315 e. The molecule has 1 aromatic carbocycles. The first-order valence-electron chi connectivity index (χ1n) is 9.57. The fourth-order valence-electron chi connectivity index (χ4n) is 3.74. The summed E-state index contributed by atoms with van der Waals surface area (Å²) in [6.07, 6.45) is 4.18. The van der Waals surface area contributed by atoms with Crippen molar-refractivity contribution >= 4 is 29.4 Å². The molecule has 0 aromatic heterocycles. The van der Waals surface area contributed by atoms with Crippen LogP contribution in [-0.2, 0) is 4.79 Å². The van der Waals surface area contributed by atoms with Crippen molar-refractivity contribution in [3.05, 3.63) is 18.2 Å². The number of carbonyl (C=O) groups is 2. The molecule has 3 heterocycles. The van der Waals surface area contributed by atoms with E-state index in [-0.39, 0.29) is 24.0 Å². The number of fused-ring (bicyclic) bond motifs is 2. The molecule has 2 fully saturated rings. The summed E-state index contributed by atoms with van der Waals surface area (Å²) in [5.74, 6) is 2.40. The highest BCUT2D eigenvalue weighted by Gasteiger charge is 2.42. The Labute approximate surface area is 162 Å². The van der Waals surface area contributed by atoms with Crippen molar-refractivity contribution < 1.29 is 19.1 Å². The molecule has 2 saturated heterocycles. The molecule has 3 atom stereocenters. The van der Waals surface area contributed by atoms with Crippen molar-refractivity contribution in [1.82, 2.24) is 10.6 Å².